The second kappa shape index (κ2) is 43.4. The Balaban J connectivity index is 3.16. The molecule has 2 heteroatoms. The fourth-order valence-electron chi connectivity index (χ4n) is 7.14. The summed E-state index contributed by atoms with van der Waals surface area (Å²) in [4.78, 5) is 12.0. The fraction of sp³-hybridized carbons (Fsp3) is 0.936. The Labute approximate surface area is 310 Å². The van der Waals surface area contributed by atoms with Gasteiger partial charge in [-0.25, -0.2) is 0 Å². The van der Waals surface area contributed by atoms with Crippen LogP contribution in [-0.2, 0) is 9.53 Å². The third kappa shape index (κ3) is 45.2. The topological polar surface area (TPSA) is 26.3 Å². The van der Waals surface area contributed by atoms with E-state index in [4.69, 9.17) is 4.74 Å². The number of hydrogen-bond acceptors (Lipinski definition) is 2. The number of rotatable bonds is 42. The van der Waals surface area contributed by atoms with Crippen LogP contribution in [0, 0.1) is 5.92 Å². The molecular weight excluding hydrogens is 597 g/mol. The summed E-state index contributed by atoms with van der Waals surface area (Å²) >= 11 is 0. The summed E-state index contributed by atoms with van der Waals surface area (Å²) in [5.41, 5.74) is 0. The van der Waals surface area contributed by atoms with Gasteiger partial charge in [0.05, 0.1) is 6.61 Å². The molecule has 0 rings (SSSR count). The third-order valence-corrected chi connectivity index (χ3v) is 10.6. The van der Waals surface area contributed by atoms with E-state index in [0.29, 0.717) is 13.0 Å². The lowest BCUT2D eigenvalue weighted by atomic mass is 10.0. The van der Waals surface area contributed by atoms with Crippen LogP contribution >= 0.6 is 0 Å². The van der Waals surface area contributed by atoms with E-state index in [2.05, 4.69) is 32.9 Å². The first-order valence-electron chi connectivity index (χ1n) is 23.0. The summed E-state index contributed by atoms with van der Waals surface area (Å²) in [6.45, 7) is 7.60. The number of hydrogen-bond donors (Lipinski definition) is 0. The quantitative estimate of drug-likeness (QED) is 0.0362. The Morgan fingerprint density at radius 3 is 1.08 bits per heavy atom. The molecule has 0 N–H and O–H groups in total. The van der Waals surface area contributed by atoms with Crippen LogP contribution in [0.3, 0.4) is 0 Å². The SMILES string of the molecule is CCCCCCCC/C=C\CCCCCCCC(=O)OCCCCCCCCCCCCCCCCCCCCCCCCCCC(C)C. The summed E-state index contributed by atoms with van der Waals surface area (Å²) in [5, 5.41) is 0. The molecule has 49 heavy (non-hydrogen) atoms. The number of carbonyl (C=O) groups excluding carboxylic acids is 1. The highest BCUT2D eigenvalue weighted by Crippen LogP contribution is 2.17. The number of unbranched alkanes of at least 4 members (excludes halogenated alkanes) is 34. The Kier molecular flexibility index (Phi) is 42.7. The second-order valence-corrected chi connectivity index (χ2v) is 16.2. The lowest BCUT2D eigenvalue weighted by molar-refractivity contribution is -0.143. The van der Waals surface area contributed by atoms with E-state index in [9.17, 15) is 4.79 Å². The number of esters is 1. The molecule has 0 aromatic carbocycles. The van der Waals surface area contributed by atoms with Gasteiger partial charge >= 0.3 is 5.97 Å². The van der Waals surface area contributed by atoms with Gasteiger partial charge in [0, 0.05) is 6.42 Å². The van der Waals surface area contributed by atoms with Crippen LogP contribution in [0.4, 0.5) is 0 Å². The smallest absolute Gasteiger partial charge is 0.305 e. The predicted octanol–water partition coefficient (Wildman–Crippen LogP) is 17.0. The summed E-state index contributed by atoms with van der Waals surface area (Å²) in [7, 11) is 0. The van der Waals surface area contributed by atoms with Gasteiger partial charge in [0.2, 0.25) is 0 Å². The highest BCUT2D eigenvalue weighted by Gasteiger charge is 2.03. The van der Waals surface area contributed by atoms with Gasteiger partial charge in [0.15, 0.2) is 0 Å². The first-order chi connectivity index (χ1) is 24.2. The van der Waals surface area contributed by atoms with Gasteiger partial charge in [-0.3, -0.25) is 4.79 Å². The van der Waals surface area contributed by atoms with Crippen LogP contribution in [-0.4, -0.2) is 12.6 Å². The highest BCUT2D eigenvalue weighted by molar-refractivity contribution is 5.69. The van der Waals surface area contributed by atoms with Crippen molar-refractivity contribution in [2.75, 3.05) is 6.61 Å². The maximum atomic E-state index is 12.0. The Morgan fingerprint density at radius 1 is 0.408 bits per heavy atom. The van der Waals surface area contributed by atoms with Crippen molar-refractivity contribution in [3.05, 3.63) is 12.2 Å². The molecule has 0 fully saturated rings. The van der Waals surface area contributed by atoms with E-state index >= 15 is 0 Å². The van der Waals surface area contributed by atoms with E-state index in [-0.39, 0.29) is 5.97 Å². The normalized spacial score (nSPS) is 11.8. The van der Waals surface area contributed by atoms with Crippen molar-refractivity contribution in [1.82, 2.24) is 0 Å². The number of ether oxygens (including phenoxy) is 1. The first-order valence-corrected chi connectivity index (χ1v) is 23.0. The molecule has 0 aliphatic heterocycles. The van der Waals surface area contributed by atoms with Crippen LogP contribution in [0.2, 0.25) is 0 Å². The Bertz CT molecular complexity index is 638. The van der Waals surface area contributed by atoms with E-state index in [1.165, 1.54) is 225 Å². The zero-order valence-electron chi connectivity index (χ0n) is 34.3. The third-order valence-electron chi connectivity index (χ3n) is 10.6. The maximum absolute atomic E-state index is 12.0. The van der Waals surface area contributed by atoms with Gasteiger partial charge in [0.1, 0.15) is 0 Å². The van der Waals surface area contributed by atoms with Crippen LogP contribution in [0.5, 0.6) is 0 Å². The number of allylic oxidation sites excluding steroid dienone is 2. The standard InChI is InChI=1S/C47H92O2/c1-4-5-6-7-8-9-10-11-22-26-29-32-35-38-41-44-47(48)49-45-42-39-36-33-30-27-24-21-19-17-15-13-12-14-16-18-20-23-25-28-31-34-37-40-43-46(2)3/h11,22,46H,4-10,12-21,23-45H2,1-3H3/b22-11-. The van der Waals surface area contributed by atoms with E-state index in [0.717, 1.165) is 25.2 Å². The van der Waals surface area contributed by atoms with E-state index < -0.39 is 0 Å². The van der Waals surface area contributed by atoms with Crippen LogP contribution < -0.4 is 0 Å². The van der Waals surface area contributed by atoms with E-state index in [1.807, 2.05) is 0 Å². The van der Waals surface area contributed by atoms with Gasteiger partial charge in [-0.05, 0) is 44.4 Å². The summed E-state index contributed by atoms with van der Waals surface area (Å²) in [6.07, 6.45) is 57.5. The average Bonchev–Trinajstić information content (AvgIpc) is 3.09. The monoisotopic (exact) mass is 689 g/mol. The molecule has 0 aliphatic rings. The van der Waals surface area contributed by atoms with Gasteiger partial charge in [-0.2, -0.15) is 0 Å². The van der Waals surface area contributed by atoms with Gasteiger partial charge in [-0.1, -0.05) is 238 Å². The Morgan fingerprint density at radius 2 is 0.714 bits per heavy atom. The lowest BCUT2D eigenvalue weighted by Gasteiger charge is -2.06. The van der Waals surface area contributed by atoms with Crippen molar-refractivity contribution in [1.29, 1.82) is 0 Å². The van der Waals surface area contributed by atoms with E-state index in [1.54, 1.807) is 0 Å². The lowest BCUT2D eigenvalue weighted by Crippen LogP contribution is -2.05. The van der Waals surface area contributed by atoms with Crippen LogP contribution in [0.1, 0.15) is 271 Å². The Hall–Kier alpha value is -0.790. The zero-order chi connectivity index (χ0) is 35.6. The molecular formula is C47H92O2. The van der Waals surface area contributed by atoms with Gasteiger partial charge < -0.3 is 4.74 Å². The molecule has 0 saturated heterocycles. The molecule has 2 nitrogen and oxygen atoms in total. The van der Waals surface area contributed by atoms with Crippen molar-refractivity contribution in [3.63, 3.8) is 0 Å². The van der Waals surface area contributed by atoms with Gasteiger partial charge in [-0.15, -0.1) is 0 Å². The minimum absolute atomic E-state index is 0.0204. The summed E-state index contributed by atoms with van der Waals surface area (Å²) in [5.74, 6) is 0.906. The molecule has 292 valence electrons. The van der Waals surface area contributed by atoms with Crippen molar-refractivity contribution in [3.8, 4) is 0 Å². The van der Waals surface area contributed by atoms with Crippen molar-refractivity contribution < 1.29 is 9.53 Å². The maximum Gasteiger partial charge on any atom is 0.305 e. The molecule has 0 atom stereocenters. The predicted molar refractivity (Wildman–Crippen MR) is 221 cm³/mol. The highest BCUT2D eigenvalue weighted by atomic mass is 16.5. The molecule has 0 unspecified atom stereocenters. The average molecular weight is 689 g/mol. The minimum Gasteiger partial charge on any atom is -0.466 e. The molecule has 0 aromatic rings. The fourth-order valence-corrected chi connectivity index (χ4v) is 7.14. The molecule has 0 spiro atoms. The number of carbonyl (C=O) groups is 1. The van der Waals surface area contributed by atoms with Crippen molar-refractivity contribution in [2.24, 2.45) is 5.92 Å². The molecule has 0 aromatic heterocycles. The molecule has 0 bridgehead atoms. The molecule has 0 heterocycles. The zero-order valence-corrected chi connectivity index (χ0v) is 34.3. The van der Waals surface area contributed by atoms with Crippen molar-refractivity contribution >= 4 is 5.97 Å². The van der Waals surface area contributed by atoms with Crippen LogP contribution in [0.25, 0.3) is 0 Å². The largest absolute Gasteiger partial charge is 0.466 e. The summed E-state index contributed by atoms with van der Waals surface area (Å²) < 4.78 is 5.47. The first kappa shape index (κ1) is 48.2. The molecule has 0 radical (unpaired) electrons. The second-order valence-electron chi connectivity index (χ2n) is 16.2. The van der Waals surface area contributed by atoms with Crippen LogP contribution in [0.15, 0.2) is 12.2 Å². The molecule has 0 aliphatic carbocycles. The van der Waals surface area contributed by atoms with Crippen molar-refractivity contribution in [2.45, 2.75) is 271 Å². The van der Waals surface area contributed by atoms with Gasteiger partial charge in [0.25, 0.3) is 0 Å². The minimum atomic E-state index is 0.0204. The molecule has 0 amide bonds. The molecule has 0 saturated carbocycles. The summed E-state index contributed by atoms with van der Waals surface area (Å²) in [6, 6.07) is 0.